The van der Waals surface area contributed by atoms with Crippen LogP contribution in [0.1, 0.15) is 155 Å². The van der Waals surface area contributed by atoms with Crippen LogP contribution in [0.4, 0.5) is 0 Å². The number of nitrogens with one attached hydrogen (secondary N) is 3. The van der Waals surface area contributed by atoms with Gasteiger partial charge in [0.05, 0.1) is 30.7 Å². The molecule has 0 aromatic heterocycles. The molecule has 6 fully saturated rings. The van der Waals surface area contributed by atoms with Gasteiger partial charge >= 0.3 is 0 Å². The van der Waals surface area contributed by atoms with Crippen molar-refractivity contribution in [1.82, 2.24) is 16.0 Å². The third kappa shape index (κ3) is 8.14. The average Bonchev–Trinajstić information content (AvgIpc) is 3.03. The Kier molecular flexibility index (Phi) is 12.0. The van der Waals surface area contributed by atoms with Crippen molar-refractivity contribution in [3.63, 3.8) is 0 Å². The fourth-order valence-electron chi connectivity index (χ4n) is 10.7. The predicted octanol–water partition coefficient (Wildman–Crippen LogP) is 7.87. The van der Waals surface area contributed by atoms with Gasteiger partial charge in [0.25, 0.3) is 0 Å². The molecule has 4 N–H and O–H groups in total. The minimum Gasteiger partial charge on any atom is -0.393 e. The summed E-state index contributed by atoms with van der Waals surface area (Å²) in [5.74, 6) is 5.65. The molecule has 5 aliphatic carbocycles. The Labute approximate surface area is 258 Å². The molecule has 0 aromatic carbocycles. The molecule has 42 heavy (non-hydrogen) atoms. The zero-order valence-electron chi connectivity index (χ0n) is 27.3. The van der Waals surface area contributed by atoms with Crippen LogP contribution in [0.5, 0.6) is 0 Å². The van der Waals surface area contributed by atoms with Gasteiger partial charge in [-0.15, -0.1) is 0 Å². The van der Waals surface area contributed by atoms with Crippen LogP contribution in [0.25, 0.3) is 0 Å². The number of aliphatic hydroxyl groups excluding tert-OH is 1. The molecular weight excluding hydrogens is 518 g/mol. The highest BCUT2D eigenvalue weighted by Gasteiger charge is 2.45. The summed E-state index contributed by atoms with van der Waals surface area (Å²) in [6, 6.07) is 0. The second-order valence-electron chi connectivity index (χ2n) is 16.0. The van der Waals surface area contributed by atoms with Crippen molar-refractivity contribution in [2.75, 3.05) is 6.61 Å². The molecule has 5 nitrogen and oxygen atoms in total. The number of hydrogen-bond acceptors (Lipinski definition) is 5. The Morgan fingerprint density at radius 1 is 0.524 bits per heavy atom. The zero-order valence-corrected chi connectivity index (χ0v) is 27.3. The maximum absolute atomic E-state index is 11.5. The van der Waals surface area contributed by atoms with Crippen molar-refractivity contribution in [3.05, 3.63) is 0 Å². The van der Waals surface area contributed by atoms with E-state index in [-0.39, 0.29) is 24.3 Å². The van der Waals surface area contributed by atoms with E-state index in [2.05, 4.69) is 22.9 Å². The molecule has 0 spiro atoms. The number of aliphatic hydroxyl groups is 1. The normalized spacial score (nSPS) is 44.7. The van der Waals surface area contributed by atoms with Crippen LogP contribution in [0.2, 0.25) is 0 Å². The van der Waals surface area contributed by atoms with Crippen LogP contribution in [0.3, 0.4) is 0 Å². The summed E-state index contributed by atoms with van der Waals surface area (Å²) in [6.07, 6.45) is 31.9. The molecule has 11 atom stereocenters. The lowest BCUT2D eigenvalue weighted by molar-refractivity contribution is -0.0642. The van der Waals surface area contributed by atoms with E-state index in [1.165, 1.54) is 128 Å². The highest BCUT2D eigenvalue weighted by atomic mass is 16.5. The van der Waals surface area contributed by atoms with Gasteiger partial charge in [-0.3, -0.25) is 16.0 Å². The molecule has 1 heterocycles. The van der Waals surface area contributed by atoms with Gasteiger partial charge in [-0.25, -0.2) is 0 Å². The van der Waals surface area contributed by atoms with Crippen molar-refractivity contribution in [3.8, 4) is 0 Å². The molecule has 1 aliphatic heterocycles. The molecule has 6 rings (SSSR count). The molecule has 1 saturated heterocycles. The third-order valence-electron chi connectivity index (χ3n) is 13.3. The molecule has 6 aliphatic rings. The molecule has 0 bridgehead atoms. The lowest BCUT2D eigenvalue weighted by Gasteiger charge is -2.52. The standard InChI is InChI=1S/C37H67N3O2/c1-2-3-4-5-6-11-22-42-32-20-21-33(34(41)25-32)37-39-35(30-18-16-26-12-7-9-14-28(26)23-30)38-36(40-37)31-19-17-27-13-8-10-15-29(27)24-31/h26-41H,2-25H2,1H3. The Morgan fingerprint density at radius 3 is 1.64 bits per heavy atom. The van der Waals surface area contributed by atoms with Gasteiger partial charge in [0.1, 0.15) is 0 Å². The maximum Gasteiger partial charge on any atom is 0.0649 e. The van der Waals surface area contributed by atoms with Crippen LogP contribution in [0, 0.1) is 41.4 Å². The topological polar surface area (TPSA) is 65.5 Å². The highest BCUT2D eigenvalue weighted by molar-refractivity contribution is 4.99. The zero-order chi connectivity index (χ0) is 28.7. The molecule has 0 amide bonds. The van der Waals surface area contributed by atoms with Gasteiger partial charge < -0.3 is 9.84 Å². The monoisotopic (exact) mass is 586 g/mol. The lowest BCUT2D eigenvalue weighted by atomic mass is 9.66. The van der Waals surface area contributed by atoms with Crippen LogP contribution in [-0.4, -0.2) is 42.4 Å². The molecule has 242 valence electrons. The second-order valence-corrected chi connectivity index (χ2v) is 16.0. The first-order valence-corrected chi connectivity index (χ1v) is 19.3. The van der Waals surface area contributed by atoms with Gasteiger partial charge in [0, 0.05) is 12.5 Å². The highest BCUT2D eigenvalue weighted by Crippen LogP contribution is 2.46. The summed E-state index contributed by atoms with van der Waals surface area (Å²) in [7, 11) is 0. The van der Waals surface area contributed by atoms with Gasteiger partial charge in [0.15, 0.2) is 0 Å². The minimum absolute atomic E-state index is 0.212. The summed E-state index contributed by atoms with van der Waals surface area (Å²) < 4.78 is 6.32. The average molecular weight is 586 g/mol. The molecule has 5 heteroatoms. The quantitative estimate of drug-likeness (QED) is 0.186. The van der Waals surface area contributed by atoms with Crippen molar-refractivity contribution >= 4 is 0 Å². The van der Waals surface area contributed by atoms with Crippen molar-refractivity contribution < 1.29 is 9.84 Å². The minimum atomic E-state index is -0.277. The van der Waals surface area contributed by atoms with Crippen LogP contribution < -0.4 is 16.0 Å². The van der Waals surface area contributed by atoms with Gasteiger partial charge in [-0.1, -0.05) is 90.4 Å². The first kappa shape index (κ1) is 31.8. The first-order chi connectivity index (χ1) is 20.7. The number of hydrogen-bond donors (Lipinski definition) is 4. The summed E-state index contributed by atoms with van der Waals surface area (Å²) in [6.45, 7) is 3.15. The van der Waals surface area contributed by atoms with E-state index in [1.54, 1.807) is 0 Å². The third-order valence-corrected chi connectivity index (χ3v) is 13.3. The summed E-state index contributed by atoms with van der Waals surface area (Å²) in [5, 5.41) is 23.9. The van der Waals surface area contributed by atoms with Crippen LogP contribution in [-0.2, 0) is 4.74 Å². The summed E-state index contributed by atoms with van der Waals surface area (Å²) in [4.78, 5) is 0. The Balaban J connectivity index is 1.06. The Bertz CT molecular complexity index is 753. The van der Waals surface area contributed by atoms with E-state index in [0.717, 1.165) is 61.4 Å². The van der Waals surface area contributed by atoms with E-state index in [0.29, 0.717) is 12.3 Å². The van der Waals surface area contributed by atoms with Crippen molar-refractivity contribution in [2.24, 2.45) is 41.4 Å². The number of ether oxygens (including phenoxy) is 1. The summed E-state index contributed by atoms with van der Waals surface area (Å²) >= 11 is 0. The maximum atomic E-state index is 11.5. The fourth-order valence-corrected chi connectivity index (χ4v) is 10.7. The van der Waals surface area contributed by atoms with Gasteiger partial charge in [-0.2, -0.15) is 0 Å². The van der Waals surface area contributed by atoms with Crippen LogP contribution >= 0.6 is 0 Å². The van der Waals surface area contributed by atoms with E-state index in [1.807, 2.05) is 0 Å². The molecule has 5 saturated carbocycles. The fraction of sp³-hybridized carbons (Fsp3) is 1.00. The number of rotatable bonds is 11. The van der Waals surface area contributed by atoms with Crippen molar-refractivity contribution in [2.45, 2.75) is 185 Å². The summed E-state index contributed by atoms with van der Waals surface area (Å²) in [5.41, 5.74) is 0. The molecular formula is C37H67N3O2. The van der Waals surface area contributed by atoms with E-state index in [4.69, 9.17) is 4.74 Å². The van der Waals surface area contributed by atoms with Crippen molar-refractivity contribution in [1.29, 1.82) is 0 Å². The first-order valence-electron chi connectivity index (χ1n) is 19.3. The van der Waals surface area contributed by atoms with Gasteiger partial charge in [0.2, 0.25) is 0 Å². The van der Waals surface area contributed by atoms with Crippen LogP contribution in [0.15, 0.2) is 0 Å². The Morgan fingerprint density at radius 2 is 1.05 bits per heavy atom. The molecule has 0 aromatic rings. The largest absolute Gasteiger partial charge is 0.393 e. The van der Waals surface area contributed by atoms with Gasteiger partial charge in [-0.05, 0) is 99.7 Å². The molecule has 11 unspecified atom stereocenters. The lowest BCUT2D eigenvalue weighted by Crippen LogP contribution is -2.73. The molecule has 0 radical (unpaired) electrons. The smallest absolute Gasteiger partial charge is 0.0649 e. The SMILES string of the molecule is CCCCCCCCOC1CCC(C2NC(C3CCC4CCCCC4C3)NC(C3CCC4CCCCC4C3)N2)C(O)C1. The van der Waals surface area contributed by atoms with E-state index in [9.17, 15) is 5.11 Å². The second kappa shape index (κ2) is 15.9. The van der Waals surface area contributed by atoms with E-state index < -0.39 is 0 Å². The Hall–Kier alpha value is -0.200. The number of unbranched alkanes of at least 4 members (excludes halogenated alkanes) is 5. The van der Waals surface area contributed by atoms with E-state index >= 15 is 0 Å². The number of fused-ring (bicyclic) bond motifs is 2. The predicted molar refractivity (Wildman–Crippen MR) is 173 cm³/mol.